The largest absolute Gasteiger partial charge is 0.394 e. The van der Waals surface area contributed by atoms with Gasteiger partial charge in [-0.25, -0.2) is 0 Å². The molecule has 2 unspecified atom stereocenters. The van der Waals surface area contributed by atoms with Crippen molar-refractivity contribution in [2.75, 3.05) is 6.61 Å². The Morgan fingerprint density at radius 1 is 0.333 bits per heavy atom. The lowest BCUT2D eigenvalue weighted by Gasteiger charge is -2.19. The highest BCUT2D eigenvalue weighted by Gasteiger charge is 2.18. The fraction of sp³-hybridized carbons (Fsp3) is 0.923. The summed E-state index contributed by atoms with van der Waals surface area (Å²) in [5.74, 6) is -0.0649. The second kappa shape index (κ2) is 61.2. The van der Waals surface area contributed by atoms with Crippen LogP contribution in [0.4, 0.5) is 0 Å². The molecule has 0 aliphatic rings. The van der Waals surface area contributed by atoms with Gasteiger partial charge in [-0.2, -0.15) is 0 Å². The summed E-state index contributed by atoms with van der Waals surface area (Å²) in [5, 5.41) is 23.2. The molecule has 2 atom stereocenters. The molecule has 0 aliphatic heterocycles. The van der Waals surface area contributed by atoms with Crippen LogP contribution >= 0.6 is 0 Å². The number of rotatable bonds is 60. The van der Waals surface area contributed by atoms with Gasteiger partial charge in [-0.15, -0.1) is 0 Å². The van der Waals surface area contributed by atoms with Crippen molar-refractivity contribution in [2.45, 2.75) is 379 Å². The van der Waals surface area contributed by atoms with Crippen molar-refractivity contribution in [3.05, 3.63) is 24.3 Å². The molecule has 0 aromatic rings. The predicted molar refractivity (Wildman–Crippen MR) is 309 cm³/mol. The zero-order valence-electron chi connectivity index (χ0n) is 47.4. The molecule has 410 valence electrons. The van der Waals surface area contributed by atoms with Crippen LogP contribution in [0.3, 0.4) is 0 Å². The third-order valence-electron chi connectivity index (χ3n) is 15.2. The number of hydrogen-bond acceptors (Lipinski definition) is 3. The maximum Gasteiger partial charge on any atom is 0.220 e. The monoisotopic (exact) mass is 970 g/mol. The zero-order valence-corrected chi connectivity index (χ0v) is 47.4. The van der Waals surface area contributed by atoms with Crippen molar-refractivity contribution >= 4 is 5.91 Å². The number of nitrogens with one attached hydrogen (secondary N) is 1. The number of amides is 1. The first-order valence-electron chi connectivity index (χ1n) is 32.1. The third-order valence-corrected chi connectivity index (χ3v) is 15.2. The van der Waals surface area contributed by atoms with Gasteiger partial charge < -0.3 is 15.5 Å². The summed E-state index contributed by atoms with van der Waals surface area (Å²) in [7, 11) is 0. The minimum absolute atomic E-state index is 0.0649. The number of carbonyl (C=O) groups is 1. The van der Waals surface area contributed by atoms with Crippen LogP contribution in [0.5, 0.6) is 0 Å². The van der Waals surface area contributed by atoms with E-state index in [-0.39, 0.29) is 12.5 Å². The molecule has 69 heavy (non-hydrogen) atoms. The van der Waals surface area contributed by atoms with E-state index in [0.29, 0.717) is 6.42 Å². The van der Waals surface area contributed by atoms with E-state index in [1.54, 1.807) is 6.08 Å². The number of aliphatic hydroxyl groups excluding tert-OH is 2. The topological polar surface area (TPSA) is 69.6 Å². The zero-order chi connectivity index (χ0) is 49.9. The molecular formula is C65H127NO3. The summed E-state index contributed by atoms with van der Waals surface area (Å²) in [5.41, 5.74) is 0. The van der Waals surface area contributed by atoms with Gasteiger partial charge in [-0.05, 0) is 32.1 Å². The maximum atomic E-state index is 12.5. The van der Waals surface area contributed by atoms with Gasteiger partial charge >= 0.3 is 0 Å². The Bertz CT molecular complexity index is 1010. The first-order chi connectivity index (χ1) is 34.2. The van der Waals surface area contributed by atoms with Gasteiger partial charge in [0, 0.05) is 6.42 Å². The molecular weight excluding hydrogens is 843 g/mol. The van der Waals surface area contributed by atoms with E-state index < -0.39 is 12.1 Å². The molecule has 0 bridgehead atoms. The summed E-state index contributed by atoms with van der Waals surface area (Å²) in [6.45, 7) is 4.35. The Kier molecular flexibility index (Phi) is 60.2. The van der Waals surface area contributed by atoms with E-state index in [4.69, 9.17) is 0 Å². The molecule has 0 aromatic carbocycles. The molecule has 0 spiro atoms. The SMILES string of the molecule is CCCCCCCCCCCCCCCCCCCCCCCC/C=C/CC/C=C/C(O)C(CO)NC(=O)CCCCCCCCCCCCCCCCCCCCCCCCCCCCCCC. The molecule has 0 saturated carbocycles. The van der Waals surface area contributed by atoms with Crippen LogP contribution in [0.2, 0.25) is 0 Å². The lowest BCUT2D eigenvalue weighted by atomic mass is 10.0. The second-order valence-corrected chi connectivity index (χ2v) is 22.2. The Morgan fingerprint density at radius 3 is 0.841 bits per heavy atom. The summed E-state index contributed by atoms with van der Waals surface area (Å²) >= 11 is 0. The van der Waals surface area contributed by atoms with Crippen molar-refractivity contribution in [1.29, 1.82) is 0 Å². The van der Waals surface area contributed by atoms with Crippen LogP contribution in [-0.2, 0) is 4.79 Å². The highest BCUT2D eigenvalue weighted by molar-refractivity contribution is 5.76. The lowest BCUT2D eigenvalue weighted by Crippen LogP contribution is -2.45. The summed E-state index contributed by atoms with van der Waals surface area (Å²) < 4.78 is 0. The molecule has 3 N–H and O–H groups in total. The number of unbranched alkanes of at least 4 members (excludes halogenated alkanes) is 51. The first kappa shape index (κ1) is 67.9. The van der Waals surface area contributed by atoms with E-state index >= 15 is 0 Å². The normalized spacial score (nSPS) is 12.8. The number of aliphatic hydroxyl groups is 2. The van der Waals surface area contributed by atoms with E-state index in [2.05, 4.69) is 31.3 Å². The molecule has 4 heteroatoms. The highest BCUT2D eigenvalue weighted by atomic mass is 16.3. The van der Waals surface area contributed by atoms with Gasteiger partial charge in [0.1, 0.15) is 0 Å². The van der Waals surface area contributed by atoms with Gasteiger partial charge in [-0.1, -0.05) is 353 Å². The van der Waals surface area contributed by atoms with Crippen molar-refractivity contribution in [2.24, 2.45) is 0 Å². The van der Waals surface area contributed by atoms with E-state index in [0.717, 1.165) is 32.1 Å². The van der Waals surface area contributed by atoms with Crippen LogP contribution in [0.25, 0.3) is 0 Å². The van der Waals surface area contributed by atoms with Crippen LogP contribution < -0.4 is 5.32 Å². The highest BCUT2D eigenvalue weighted by Crippen LogP contribution is 2.19. The van der Waals surface area contributed by atoms with Gasteiger partial charge in [-0.3, -0.25) is 4.79 Å². The number of allylic oxidation sites excluding steroid dienone is 3. The third kappa shape index (κ3) is 57.6. The van der Waals surface area contributed by atoms with Gasteiger partial charge in [0.05, 0.1) is 18.8 Å². The standard InChI is InChI=1S/C65H127NO3/c1-3-5-7-9-11-13-15-17-19-21-23-25-27-29-31-33-35-37-39-41-43-45-47-49-51-53-55-57-59-61-65(69)66-63(62-67)64(68)60-58-56-54-52-50-48-46-44-42-40-38-36-34-32-30-28-26-24-22-20-18-16-14-12-10-8-6-4-2/h50,52,58,60,63-64,67-68H,3-49,51,53-57,59,61-62H2,1-2H3,(H,66,69)/b52-50+,60-58+. The summed E-state index contributed by atoms with van der Waals surface area (Å²) in [6, 6.07) is -0.637. The Balaban J connectivity index is 3.45. The molecule has 0 fully saturated rings. The summed E-state index contributed by atoms with van der Waals surface area (Å²) in [4.78, 5) is 12.5. The Labute approximate surface area is 434 Å². The average molecular weight is 971 g/mol. The average Bonchev–Trinajstić information content (AvgIpc) is 3.35. The van der Waals surface area contributed by atoms with Crippen molar-refractivity contribution in [3.8, 4) is 0 Å². The number of carbonyl (C=O) groups excluding carboxylic acids is 1. The molecule has 0 radical (unpaired) electrons. The quantitative estimate of drug-likeness (QED) is 0.0420. The molecule has 0 rings (SSSR count). The van der Waals surface area contributed by atoms with Crippen molar-refractivity contribution in [3.63, 3.8) is 0 Å². The fourth-order valence-corrected chi connectivity index (χ4v) is 10.3. The summed E-state index contributed by atoms with van der Waals surface area (Å²) in [6.07, 6.45) is 82.5. The minimum atomic E-state index is -0.861. The molecule has 0 saturated heterocycles. The lowest BCUT2D eigenvalue weighted by molar-refractivity contribution is -0.123. The van der Waals surface area contributed by atoms with Crippen LogP contribution in [0, 0.1) is 0 Å². The van der Waals surface area contributed by atoms with Crippen molar-refractivity contribution in [1.82, 2.24) is 5.32 Å². The molecule has 0 aliphatic carbocycles. The van der Waals surface area contributed by atoms with Gasteiger partial charge in [0.25, 0.3) is 0 Å². The van der Waals surface area contributed by atoms with E-state index in [9.17, 15) is 15.0 Å². The van der Waals surface area contributed by atoms with E-state index in [1.165, 1.54) is 315 Å². The predicted octanol–water partition coefficient (Wildman–Crippen LogP) is 21.4. The van der Waals surface area contributed by atoms with E-state index in [1.807, 2.05) is 6.08 Å². The van der Waals surface area contributed by atoms with Crippen molar-refractivity contribution < 1.29 is 15.0 Å². The minimum Gasteiger partial charge on any atom is -0.394 e. The second-order valence-electron chi connectivity index (χ2n) is 22.2. The maximum absolute atomic E-state index is 12.5. The van der Waals surface area contributed by atoms with Crippen LogP contribution in [0.1, 0.15) is 367 Å². The first-order valence-corrected chi connectivity index (χ1v) is 32.1. The Hall–Kier alpha value is -1.13. The molecule has 0 heterocycles. The van der Waals surface area contributed by atoms with Crippen LogP contribution in [-0.4, -0.2) is 34.9 Å². The fourth-order valence-electron chi connectivity index (χ4n) is 10.3. The molecule has 1 amide bonds. The van der Waals surface area contributed by atoms with Gasteiger partial charge in [0.2, 0.25) is 5.91 Å². The molecule has 0 aromatic heterocycles. The molecule has 4 nitrogen and oxygen atoms in total. The van der Waals surface area contributed by atoms with Gasteiger partial charge in [0.15, 0.2) is 0 Å². The smallest absolute Gasteiger partial charge is 0.220 e. The number of hydrogen-bond donors (Lipinski definition) is 3. The Morgan fingerprint density at radius 2 is 0.565 bits per heavy atom. The van der Waals surface area contributed by atoms with Crippen LogP contribution in [0.15, 0.2) is 24.3 Å².